The van der Waals surface area contributed by atoms with Gasteiger partial charge in [0.2, 0.25) is 0 Å². The van der Waals surface area contributed by atoms with Gasteiger partial charge in [0.05, 0.1) is 11.6 Å². The van der Waals surface area contributed by atoms with Crippen LogP contribution in [0.25, 0.3) is 0 Å². The molecule has 0 spiro atoms. The van der Waals surface area contributed by atoms with Crippen LogP contribution in [0.5, 0.6) is 5.75 Å². The van der Waals surface area contributed by atoms with Crippen LogP contribution in [-0.2, 0) is 0 Å². The minimum Gasteiger partial charge on any atom is -0.493 e. The smallest absolute Gasteiger partial charge is 0.141 e. The molecule has 0 aromatic heterocycles. The van der Waals surface area contributed by atoms with Crippen LogP contribution >= 0.6 is 11.6 Å². The number of benzene rings is 2. The molecule has 25 heavy (non-hydrogen) atoms. The summed E-state index contributed by atoms with van der Waals surface area (Å²) in [6, 6.07) is 11.0. The summed E-state index contributed by atoms with van der Waals surface area (Å²) in [5, 5.41) is 3.48. The molecule has 0 saturated carbocycles. The van der Waals surface area contributed by atoms with Gasteiger partial charge in [0.25, 0.3) is 0 Å². The Balaban J connectivity index is 1.77. The van der Waals surface area contributed by atoms with Crippen LogP contribution in [0.3, 0.4) is 0 Å². The normalized spacial score (nSPS) is 11.4. The molecule has 0 radical (unpaired) electrons. The number of rotatable bonds is 8. The van der Waals surface area contributed by atoms with E-state index in [0.29, 0.717) is 6.61 Å². The summed E-state index contributed by atoms with van der Waals surface area (Å²) in [5.41, 5.74) is 3.32. The standard InChI is InChI=1S/C21H27ClFNO/c1-15-6-7-16(2)20(12-15)25-11-5-10-21(3,4)14-24-17-8-9-19(23)18(22)13-17/h6-9,12-13,24H,5,10-11,14H2,1-4H3. The van der Waals surface area contributed by atoms with Crippen LogP contribution in [0.1, 0.15) is 37.8 Å². The lowest BCUT2D eigenvalue weighted by atomic mass is 9.88. The van der Waals surface area contributed by atoms with E-state index in [4.69, 9.17) is 16.3 Å². The predicted octanol–water partition coefficient (Wildman–Crippen LogP) is 6.39. The number of halogens is 2. The van der Waals surface area contributed by atoms with Gasteiger partial charge < -0.3 is 10.1 Å². The Labute approximate surface area is 155 Å². The van der Waals surface area contributed by atoms with Gasteiger partial charge in [-0.15, -0.1) is 0 Å². The van der Waals surface area contributed by atoms with Gasteiger partial charge in [0.15, 0.2) is 0 Å². The van der Waals surface area contributed by atoms with Crippen molar-refractivity contribution in [2.45, 2.75) is 40.5 Å². The maximum absolute atomic E-state index is 13.2. The fourth-order valence-corrected chi connectivity index (χ4v) is 2.81. The van der Waals surface area contributed by atoms with Crippen LogP contribution < -0.4 is 10.1 Å². The lowest BCUT2D eigenvalue weighted by Gasteiger charge is -2.25. The van der Waals surface area contributed by atoms with Crippen LogP contribution in [0.15, 0.2) is 36.4 Å². The molecular weight excluding hydrogens is 337 g/mol. The highest BCUT2D eigenvalue weighted by atomic mass is 35.5. The molecule has 136 valence electrons. The minimum atomic E-state index is -0.393. The quantitative estimate of drug-likeness (QED) is 0.548. The molecule has 0 bridgehead atoms. The van der Waals surface area contributed by atoms with Crippen molar-refractivity contribution in [3.63, 3.8) is 0 Å². The van der Waals surface area contributed by atoms with E-state index in [1.54, 1.807) is 12.1 Å². The summed E-state index contributed by atoms with van der Waals surface area (Å²) < 4.78 is 19.1. The van der Waals surface area contributed by atoms with Crippen molar-refractivity contribution in [3.05, 3.63) is 58.4 Å². The molecule has 0 amide bonds. The molecule has 0 aliphatic rings. The molecule has 2 aromatic carbocycles. The van der Waals surface area contributed by atoms with E-state index in [1.807, 2.05) is 0 Å². The third-order valence-corrected chi connectivity index (χ3v) is 4.58. The van der Waals surface area contributed by atoms with Crippen LogP contribution in [-0.4, -0.2) is 13.2 Å². The second-order valence-electron chi connectivity index (χ2n) is 7.37. The topological polar surface area (TPSA) is 21.3 Å². The second-order valence-corrected chi connectivity index (χ2v) is 7.77. The largest absolute Gasteiger partial charge is 0.493 e. The summed E-state index contributed by atoms with van der Waals surface area (Å²) in [4.78, 5) is 0. The number of hydrogen-bond donors (Lipinski definition) is 1. The molecule has 0 atom stereocenters. The molecule has 4 heteroatoms. The second kappa shape index (κ2) is 8.57. The molecule has 0 saturated heterocycles. The number of nitrogens with one attached hydrogen (secondary N) is 1. The van der Waals surface area contributed by atoms with Crippen LogP contribution in [0.4, 0.5) is 10.1 Å². The molecule has 0 aliphatic heterocycles. The van der Waals surface area contributed by atoms with Gasteiger partial charge in [-0.1, -0.05) is 37.6 Å². The van der Waals surface area contributed by atoms with Gasteiger partial charge in [-0.3, -0.25) is 0 Å². The Bertz CT molecular complexity index is 715. The van der Waals surface area contributed by atoms with Gasteiger partial charge in [-0.25, -0.2) is 4.39 Å². The van der Waals surface area contributed by atoms with E-state index in [2.05, 4.69) is 51.2 Å². The molecule has 2 aromatic rings. The van der Waals surface area contributed by atoms with Crippen molar-refractivity contribution in [1.29, 1.82) is 0 Å². The molecule has 2 nitrogen and oxygen atoms in total. The first-order chi connectivity index (χ1) is 11.8. The summed E-state index contributed by atoms with van der Waals surface area (Å²) in [6.07, 6.45) is 2.01. The van der Waals surface area contributed by atoms with Crippen molar-refractivity contribution in [2.24, 2.45) is 5.41 Å². The Hall–Kier alpha value is -1.74. The molecule has 1 N–H and O–H groups in total. The van der Waals surface area contributed by atoms with Gasteiger partial charge in [0.1, 0.15) is 11.6 Å². The first-order valence-electron chi connectivity index (χ1n) is 8.66. The Kier molecular flexibility index (Phi) is 6.71. The van der Waals surface area contributed by atoms with Crippen molar-refractivity contribution >= 4 is 17.3 Å². The third-order valence-electron chi connectivity index (χ3n) is 4.29. The Morgan fingerprint density at radius 2 is 1.88 bits per heavy atom. The maximum Gasteiger partial charge on any atom is 0.141 e. The van der Waals surface area contributed by atoms with Gasteiger partial charge in [-0.05, 0) is 67.5 Å². The van der Waals surface area contributed by atoms with Crippen molar-refractivity contribution in [1.82, 2.24) is 0 Å². The summed E-state index contributed by atoms with van der Waals surface area (Å²) in [6.45, 7) is 10.1. The third kappa shape index (κ3) is 6.24. The Morgan fingerprint density at radius 3 is 2.60 bits per heavy atom. The average molecular weight is 364 g/mol. The van der Waals surface area contributed by atoms with E-state index < -0.39 is 5.82 Å². The van der Waals surface area contributed by atoms with Crippen LogP contribution in [0.2, 0.25) is 5.02 Å². The monoisotopic (exact) mass is 363 g/mol. The first kappa shape index (κ1) is 19.6. The van der Waals surface area contributed by atoms with Crippen molar-refractivity contribution in [2.75, 3.05) is 18.5 Å². The van der Waals surface area contributed by atoms with Crippen molar-refractivity contribution in [3.8, 4) is 5.75 Å². The van der Waals surface area contributed by atoms with Gasteiger partial charge >= 0.3 is 0 Å². The van der Waals surface area contributed by atoms with Gasteiger partial charge in [0, 0.05) is 12.2 Å². The number of aryl methyl sites for hydroxylation is 2. The average Bonchev–Trinajstić information content (AvgIpc) is 2.56. The molecule has 0 heterocycles. The van der Waals surface area contributed by atoms with E-state index in [9.17, 15) is 4.39 Å². The lowest BCUT2D eigenvalue weighted by molar-refractivity contribution is 0.263. The predicted molar refractivity (Wildman–Crippen MR) is 104 cm³/mol. The number of hydrogen-bond acceptors (Lipinski definition) is 2. The number of ether oxygens (including phenoxy) is 1. The van der Waals surface area contributed by atoms with E-state index in [1.165, 1.54) is 17.2 Å². The summed E-state index contributed by atoms with van der Waals surface area (Å²) in [7, 11) is 0. The molecular formula is C21H27ClFNO. The minimum absolute atomic E-state index is 0.103. The number of anilines is 1. The lowest BCUT2D eigenvalue weighted by Crippen LogP contribution is -2.23. The van der Waals surface area contributed by atoms with Crippen LogP contribution in [0, 0.1) is 25.1 Å². The van der Waals surface area contributed by atoms with Gasteiger partial charge in [-0.2, -0.15) is 0 Å². The van der Waals surface area contributed by atoms with Crippen molar-refractivity contribution < 1.29 is 9.13 Å². The highest BCUT2D eigenvalue weighted by molar-refractivity contribution is 6.31. The van der Waals surface area contributed by atoms with E-state index in [0.717, 1.165) is 30.8 Å². The zero-order chi connectivity index (χ0) is 18.4. The maximum atomic E-state index is 13.2. The molecule has 2 rings (SSSR count). The SMILES string of the molecule is Cc1ccc(C)c(OCCCC(C)(C)CNc2ccc(F)c(Cl)c2)c1. The summed E-state index contributed by atoms with van der Waals surface area (Å²) >= 11 is 5.82. The highest BCUT2D eigenvalue weighted by Crippen LogP contribution is 2.26. The van der Waals surface area contributed by atoms with E-state index >= 15 is 0 Å². The first-order valence-corrected chi connectivity index (χ1v) is 9.04. The summed E-state index contributed by atoms with van der Waals surface area (Å²) in [5.74, 6) is 0.576. The zero-order valence-corrected chi connectivity index (χ0v) is 16.2. The molecule has 0 aliphatic carbocycles. The molecule has 0 unspecified atom stereocenters. The zero-order valence-electron chi connectivity index (χ0n) is 15.5. The molecule has 0 fully saturated rings. The highest BCUT2D eigenvalue weighted by Gasteiger charge is 2.17. The fourth-order valence-electron chi connectivity index (χ4n) is 2.63. The Morgan fingerprint density at radius 1 is 1.12 bits per heavy atom. The fraction of sp³-hybridized carbons (Fsp3) is 0.429. The van der Waals surface area contributed by atoms with E-state index in [-0.39, 0.29) is 10.4 Å².